The van der Waals surface area contributed by atoms with Crippen LogP contribution >= 0.6 is 0 Å². The molecule has 0 bridgehead atoms. The predicted octanol–water partition coefficient (Wildman–Crippen LogP) is 4.74. The van der Waals surface area contributed by atoms with Gasteiger partial charge in [-0.1, -0.05) is 26.0 Å². The van der Waals surface area contributed by atoms with Crippen LogP contribution in [0.1, 0.15) is 54.3 Å². The summed E-state index contributed by atoms with van der Waals surface area (Å²) < 4.78 is 15.4. The largest absolute Gasteiger partial charge is 0.327 e. The maximum atomic E-state index is 14.0. The lowest BCUT2D eigenvalue weighted by atomic mass is 9.87. The average Bonchev–Trinajstić information content (AvgIpc) is 3.50. The monoisotopic (exact) mass is 458 g/mol. The Kier molecular flexibility index (Phi) is 5.73. The molecule has 0 aliphatic carbocycles. The summed E-state index contributed by atoms with van der Waals surface area (Å²) >= 11 is 0. The van der Waals surface area contributed by atoms with Crippen molar-refractivity contribution >= 4 is 5.91 Å². The quantitative estimate of drug-likeness (QED) is 0.433. The highest BCUT2D eigenvalue weighted by molar-refractivity contribution is 5.98. The summed E-state index contributed by atoms with van der Waals surface area (Å²) in [4.78, 5) is 17.5. The van der Waals surface area contributed by atoms with Crippen molar-refractivity contribution in [1.29, 1.82) is 0 Å². The van der Waals surface area contributed by atoms with E-state index in [0.717, 1.165) is 35.4 Å². The molecule has 1 amide bonds. The first-order valence-electron chi connectivity index (χ1n) is 11.6. The molecule has 2 aromatic carbocycles. The maximum Gasteiger partial charge on any atom is 0.256 e. The summed E-state index contributed by atoms with van der Waals surface area (Å²) in [6.45, 7) is 4.19. The summed E-state index contributed by atoms with van der Waals surface area (Å²) in [5.74, 6) is -0.314. The van der Waals surface area contributed by atoms with Crippen LogP contribution in [0.2, 0.25) is 0 Å². The van der Waals surface area contributed by atoms with Crippen LogP contribution < -0.4 is 0 Å². The number of hydrogen-bond acceptors (Lipinski definition) is 4. The van der Waals surface area contributed by atoms with Crippen LogP contribution in [0.4, 0.5) is 4.39 Å². The highest BCUT2D eigenvalue weighted by Crippen LogP contribution is 2.41. The Morgan fingerprint density at radius 3 is 2.41 bits per heavy atom. The molecule has 1 aliphatic heterocycles. The van der Waals surface area contributed by atoms with Crippen molar-refractivity contribution in [2.24, 2.45) is 7.05 Å². The normalized spacial score (nSPS) is 17.6. The average molecular weight is 459 g/mol. The Morgan fingerprint density at radius 2 is 1.74 bits per heavy atom. The Labute approximate surface area is 197 Å². The zero-order valence-electron chi connectivity index (χ0n) is 19.5. The number of fused-ring (bicyclic) bond motifs is 1. The minimum atomic E-state index is -0.264. The molecular weight excluding hydrogens is 431 g/mol. The van der Waals surface area contributed by atoms with E-state index in [2.05, 4.69) is 24.0 Å². The highest BCUT2D eigenvalue weighted by Gasteiger charge is 2.40. The first-order valence-corrected chi connectivity index (χ1v) is 11.6. The Hall–Kier alpha value is -3.81. The smallest absolute Gasteiger partial charge is 0.256 e. The third-order valence-corrected chi connectivity index (χ3v) is 6.64. The van der Waals surface area contributed by atoms with Gasteiger partial charge >= 0.3 is 0 Å². The lowest BCUT2D eigenvalue weighted by Gasteiger charge is -2.41. The zero-order valence-corrected chi connectivity index (χ0v) is 19.5. The van der Waals surface area contributed by atoms with Crippen molar-refractivity contribution in [1.82, 2.24) is 29.7 Å². The number of para-hydroxylation sites is 1. The minimum Gasteiger partial charge on any atom is -0.327 e. The molecule has 34 heavy (non-hydrogen) atoms. The van der Waals surface area contributed by atoms with Crippen LogP contribution in [0.25, 0.3) is 16.9 Å². The lowest BCUT2D eigenvalue weighted by molar-refractivity contribution is 0.0512. The van der Waals surface area contributed by atoms with Gasteiger partial charge < -0.3 is 4.90 Å². The summed E-state index contributed by atoms with van der Waals surface area (Å²) in [6.07, 6.45) is 5.43. The van der Waals surface area contributed by atoms with Crippen molar-refractivity contribution < 1.29 is 9.18 Å². The van der Waals surface area contributed by atoms with E-state index in [0.29, 0.717) is 17.7 Å². The van der Waals surface area contributed by atoms with E-state index < -0.39 is 0 Å². The Morgan fingerprint density at radius 1 is 1.03 bits per heavy atom. The van der Waals surface area contributed by atoms with Gasteiger partial charge in [0.05, 0.1) is 41.1 Å². The second kappa shape index (κ2) is 8.85. The SMILES string of the molecule is CCC1Cc2c(nn(C)c2-c2ccc(F)cc2)C(CC)N1C(=O)c1ccccc1-n1nccn1. The molecule has 0 fully saturated rings. The third-order valence-electron chi connectivity index (χ3n) is 6.64. The molecule has 2 aromatic heterocycles. The van der Waals surface area contributed by atoms with Gasteiger partial charge in [-0.25, -0.2) is 4.39 Å². The second-order valence-electron chi connectivity index (χ2n) is 8.58. The number of aryl methyl sites for hydroxylation is 1. The van der Waals surface area contributed by atoms with Gasteiger partial charge in [-0.2, -0.15) is 20.1 Å². The van der Waals surface area contributed by atoms with Gasteiger partial charge in [0, 0.05) is 24.2 Å². The van der Waals surface area contributed by atoms with Gasteiger partial charge in [0.1, 0.15) is 5.82 Å². The fourth-order valence-corrected chi connectivity index (χ4v) is 5.09. The van der Waals surface area contributed by atoms with Crippen LogP contribution in [-0.2, 0) is 13.5 Å². The Bertz CT molecular complexity index is 1310. The molecule has 0 saturated heterocycles. The lowest BCUT2D eigenvalue weighted by Crippen LogP contribution is -2.47. The van der Waals surface area contributed by atoms with E-state index in [4.69, 9.17) is 5.10 Å². The molecule has 2 unspecified atom stereocenters. The van der Waals surface area contributed by atoms with Gasteiger partial charge in [-0.15, -0.1) is 0 Å². The van der Waals surface area contributed by atoms with Crippen LogP contribution in [0.5, 0.6) is 0 Å². The second-order valence-corrected chi connectivity index (χ2v) is 8.58. The number of halogens is 1. The molecule has 7 nitrogen and oxygen atoms in total. The highest BCUT2D eigenvalue weighted by atomic mass is 19.1. The maximum absolute atomic E-state index is 14.0. The van der Waals surface area contributed by atoms with E-state index in [1.807, 2.05) is 40.9 Å². The molecule has 0 radical (unpaired) electrons. The molecule has 8 heteroatoms. The molecule has 5 rings (SSSR count). The van der Waals surface area contributed by atoms with E-state index >= 15 is 0 Å². The minimum absolute atomic E-state index is 0.00647. The Balaban J connectivity index is 1.60. The predicted molar refractivity (Wildman–Crippen MR) is 127 cm³/mol. The van der Waals surface area contributed by atoms with Gasteiger partial charge in [0.2, 0.25) is 0 Å². The number of hydrogen-bond donors (Lipinski definition) is 0. The van der Waals surface area contributed by atoms with Crippen molar-refractivity contribution in [3.8, 4) is 16.9 Å². The number of aromatic nitrogens is 5. The van der Waals surface area contributed by atoms with E-state index in [1.54, 1.807) is 24.5 Å². The molecule has 1 aliphatic rings. The number of carbonyl (C=O) groups is 1. The van der Waals surface area contributed by atoms with Crippen LogP contribution in [0, 0.1) is 5.82 Å². The van der Waals surface area contributed by atoms with Gasteiger partial charge in [-0.05, 0) is 55.7 Å². The number of benzene rings is 2. The number of rotatable bonds is 5. The molecule has 4 aromatic rings. The fourth-order valence-electron chi connectivity index (χ4n) is 5.09. The molecule has 0 saturated carbocycles. The third kappa shape index (κ3) is 3.59. The topological polar surface area (TPSA) is 68.8 Å². The summed E-state index contributed by atoms with van der Waals surface area (Å²) in [7, 11) is 1.91. The molecule has 2 atom stereocenters. The summed E-state index contributed by atoms with van der Waals surface area (Å²) in [6, 6.07) is 13.8. The van der Waals surface area contributed by atoms with Crippen molar-refractivity contribution in [3.05, 3.63) is 83.6 Å². The molecule has 174 valence electrons. The van der Waals surface area contributed by atoms with Crippen LogP contribution in [0.3, 0.4) is 0 Å². The van der Waals surface area contributed by atoms with Crippen molar-refractivity contribution in [2.75, 3.05) is 0 Å². The fraction of sp³-hybridized carbons (Fsp3) is 0.308. The molecule has 0 N–H and O–H groups in total. The number of carbonyl (C=O) groups excluding carboxylic acids is 1. The zero-order chi connectivity index (χ0) is 23.8. The standard InChI is InChI=1S/C26H27FN6O/c1-4-19-16-21-24(30-31(3)25(21)17-10-12-18(27)13-11-17)22(5-2)32(19)26(34)20-8-6-7-9-23(20)33-28-14-15-29-33/h6-15,19,22H,4-5,16H2,1-3H3. The number of amides is 1. The first kappa shape index (κ1) is 22.0. The van der Waals surface area contributed by atoms with Crippen LogP contribution in [0.15, 0.2) is 60.9 Å². The van der Waals surface area contributed by atoms with Gasteiger partial charge in [0.15, 0.2) is 0 Å². The summed E-state index contributed by atoms with van der Waals surface area (Å²) in [5.41, 5.74) is 5.18. The molecule has 0 spiro atoms. The summed E-state index contributed by atoms with van der Waals surface area (Å²) in [5, 5.41) is 13.3. The van der Waals surface area contributed by atoms with Crippen molar-refractivity contribution in [3.63, 3.8) is 0 Å². The van der Waals surface area contributed by atoms with E-state index in [-0.39, 0.29) is 23.8 Å². The first-order chi connectivity index (χ1) is 16.5. The molecular formula is C26H27FN6O. The van der Waals surface area contributed by atoms with Gasteiger partial charge in [-0.3, -0.25) is 9.48 Å². The van der Waals surface area contributed by atoms with E-state index in [1.165, 1.54) is 16.9 Å². The molecule has 3 heterocycles. The van der Waals surface area contributed by atoms with E-state index in [9.17, 15) is 9.18 Å². The van der Waals surface area contributed by atoms with Crippen molar-refractivity contribution in [2.45, 2.75) is 45.2 Å². The van der Waals surface area contributed by atoms with Gasteiger partial charge in [0.25, 0.3) is 5.91 Å². The number of nitrogens with zero attached hydrogens (tertiary/aromatic N) is 6. The van der Waals surface area contributed by atoms with Crippen LogP contribution in [-0.4, -0.2) is 41.6 Å².